The fourth-order valence-corrected chi connectivity index (χ4v) is 2.21. The second-order valence-corrected chi connectivity index (χ2v) is 4.34. The third kappa shape index (κ3) is 4.98. The Morgan fingerprint density at radius 1 is 1.47 bits per heavy atom. The first kappa shape index (κ1) is 12.2. The van der Waals surface area contributed by atoms with Crippen molar-refractivity contribution >= 4 is 5.97 Å². The molecule has 15 heavy (non-hydrogen) atoms. The van der Waals surface area contributed by atoms with Crippen LogP contribution in [-0.4, -0.2) is 23.7 Å². The van der Waals surface area contributed by atoms with Gasteiger partial charge >= 0.3 is 5.97 Å². The van der Waals surface area contributed by atoms with Gasteiger partial charge in [0.25, 0.3) is 0 Å². The SMILES string of the molecule is C[C@H](NC/C=C/C(=O)O)C1CCCCC1. The highest BCUT2D eigenvalue weighted by atomic mass is 16.4. The lowest BCUT2D eigenvalue weighted by atomic mass is 9.84. The maximum absolute atomic E-state index is 10.2. The standard InChI is InChI=1S/C12H21NO2/c1-10(11-6-3-2-4-7-11)13-9-5-8-12(14)15/h5,8,10-11,13H,2-4,6-7,9H2,1H3,(H,14,15)/b8-5+/t10-/m0/s1. The van der Waals surface area contributed by atoms with Crippen LogP contribution in [0.3, 0.4) is 0 Å². The van der Waals surface area contributed by atoms with Gasteiger partial charge in [-0.25, -0.2) is 4.79 Å². The highest BCUT2D eigenvalue weighted by molar-refractivity contribution is 5.79. The van der Waals surface area contributed by atoms with Gasteiger partial charge in [-0.1, -0.05) is 25.3 Å². The normalized spacial score (nSPS) is 20.6. The maximum Gasteiger partial charge on any atom is 0.328 e. The first-order valence-corrected chi connectivity index (χ1v) is 5.83. The summed E-state index contributed by atoms with van der Waals surface area (Å²) in [5, 5.41) is 11.8. The molecule has 0 aromatic rings. The van der Waals surface area contributed by atoms with Gasteiger partial charge in [-0.2, -0.15) is 0 Å². The van der Waals surface area contributed by atoms with Crippen LogP contribution in [0.5, 0.6) is 0 Å². The van der Waals surface area contributed by atoms with Crippen LogP contribution in [0.4, 0.5) is 0 Å². The van der Waals surface area contributed by atoms with E-state index in [2.05, 4.69) is 12.2 Å². The van der Waals surface area contributed by atoms with Gasteiger partial charge in [0.1, 0.15) is 0 Å². The lowest BCUT2D eigenvalue weighted by Crippen LogP contribution is -2.34. The summed E-state index contributed by atoms with van der Waals surface area (Å²) in [6, 6.07) is 0.503. The van der Waals surface area contributed by atoms with E-state index in [1.54, 1.807) is 6.08 Å². The van der Waals surface area contributed by atoms with E-state index in [4.69, 9.17) is 5.11 Å². The lowest BCUT2D eigenvalue weighted by Gasteiger charge is -2.28. The summed E-state index contributed by atoms with van der Waals surface area (Å²) in [6.45, 7) is 2.86. The molecule has 1 fully saturated rings. The van der Waals surface area contributed by atoms with Gasteiger partial charge in [0, 0.05) is 18.7 Å². The Hall–Kier alpha value is -0.830. The molecule has 0 bridgehead atoms. The number of aliphatic carboxylic acids is 1. The third-order valence-corrected chi connectivity index (χ3v) is 3.18. The van der Waals surface area contributed by atoms with Crippen molar-refractivity contribution in [1.82, 2.24) is 5.32 Å². The zero-order chi connectivity index (χ0) is 11.1. The maximum atomic E-state index is 10.2. The summed E-state index contributed by atoms with van der Waals surface area (Å²) in [6.07, 6.45) is 9.57. The Bertz CT molecular complexity index is 220. The van der Waals surface area contributed by atoms with Crippen molar-refractivity contribution < 1.29 is 9.90 Å². The molecule has 2 N–H and O–H groups in total. The number of hydrogen-bond donors (Lipinski definition) is 2. The molecule has 0 heterocycles. The Morgan fingerprint density at radius 3 is 2.73 bits per heavy atom. The molecule has 1 saturated carbocycles. The Kier molecular flexibility index (Phi) is 5.40. The first-order chi connectivity index (χ1) is 7.20. The largest absolute Gasteiger partial charge is 0.478 e. The molecule has 0 aromatic heterocycles. The monoisotopic (exact) mass is 211 g/mol. The van der Waals surface area contributed by atoms with Gasteiger partial charge in [0.2, 0.25) is 0 Å². The van der Waals surface area contributed by atoms with Gasteiger partial charge in [-0.15, -0.1) is 0 Å². The molecule has 0 unspecified atom stereocenters. The van der Waals surface area contributed by atoms with Crippen LogP contribution in [-0.2, 0) is 4.79 Å². The average Bonchev–Trinajstić information content (AvgIpc) is 2.25. The van der Waals surface area contributed by atoms with E-state index >= 15 is 0 Å². The van der Waals surface area contributed by atoms with Crippen molar-refractivity contribution in [2.24, 2.45) is 5.92 Å². The molecule has 0 radical (unpaired) electrons. The van der Waals surface area contributed by atoms with E-state index < -0.39 is 5.97 Å². The summed E-state index contributed by atoms with van der Waals surface area (Å²) in [7, 11) is 0. The molecule has 0 aliphatic heterocycles. The minimum atomic E-state index is -0.873. The predicted molar refractivity (Wildman–Crippen MR) is 60.8 cm³/mol. The third-order valence-electron chi connectivity index (χ3n) is 3.18. The van der Waals surface area contributed by atoms with Crippen LogP contribution in [0.1, 0.15) is 39.0 Å². The summed E-state index contributed by atoms with van der Waals surface area (Å²) >= 11 is 0. The highest BCUT2D eigenvalue weighted by Gasteiger charge is 2.18. The minimum Gasteiger partial charge on any atom is -0.478 e. The van der Waals surface area contributed by atoms with E-state index in [9.17, 15) is 4.79 Å². The van der Waals surface area contributed by atoms with Gasteiger partial charge in [-0.05, 0) is 25.7 Å². The van der Waals surface area contributed by atoms with Gasteiger partial charge < -0.3 is 10.4 Å². The van der Waals surface area contributed by atoms with Gasteiger partial charge in [0.05, 0.1) is 0 Å². The van der Waals surface area contributed by atoms with Gasteiger partial charge in [0.15, 0.2) is 0 Å². The number of rotatable bonds is 5. The van der Waals surface area contributed by atoms with Crippen molar-refractivity contribution in [2.45, 2.75) is 45.1 Å². The van der Waals surface area contributed by atoms with Crippen molar-refractivity contribution in [3.05, 3.63) is 12.2 Å². The molecule has 1 rings (SSSR count). The Morgan fingerprint density at radius 2 is 2.13 bits per heavy atom. The molecule has 0 spiro atoms. The molecule has 1 atom stereocenters. The number of carboxylic acids is 1. The van der Waals surface area contributed by atoms with E-state index in [0.29, 0.717) is 12.6 Å². The van der Waals surface area contributed by atoms with Crippen molar-refractivity contribution in [1.29, 1.82) is 0 Å². The molecule has 0 saturated heterocycles. The van der Waals surface area contributed by atoms with E-state index in [1.165, 1.54) is 38.2 Å². The number of carboxylic acid groups (broad SMARTS) is 1. The second kappa shape index (κ2) is 6.62. The van der Waals surface area contributed by atoms with Crippen molar-refractivity contribution in [3.8, 4) is 0 Å². The minimum absolute atomic E-state index is 0.503. The first-order valence-electron chi connectivity index (χ1n) is 5.83. The highest BCUT2D eigenvalue weighted by Crippen LogP contribution is 2.26. The zero-order valence-corrected chi connectivity index (χ0v) is 9.41. The summed E-state index contributed by atoms with van der Waals surface area (Å²) in [5.41, 5.74) is 0. The Labute approximate surface area is 91.6 Å². The molecule has 0 aromatic carbocycles. The van der Waals surface area contributed by atoms with Gasteiger partial charge in [-0.3, -0.25) is 0 Å². The van der Waals surface area contributed by atoms with Crippen molar-refractivity contribution in [2.75, 3.05) is 6.54 Å². The topological polar surface area (TPSA) is 49.3 Å². The molecule has 0 amide bonds. The van der Waals surface area contributed by atoms with Crippen LogP contribution < -0.4 is 5.32 Å². The smallest absolute Gasteiger partial charge is 0.328 e. The van der Waals surface area contributed by atoms with Crippen LogP contribution in [0.2, 0.25) is 0 Å². The summed E-state index contributed by atoms with van der Waals surface area (Å²) in [4.78, 5) is 10.2. The fraction of sp³-hybridized carbons (Fsp3) is 0.750. The predicted octanol–water partition coefficient (Wildman–Crippen LogP) is 2.19. The average molecular weight is 211 g/mol. The molecule has 3 nitrogen and oxygen atoms in total. The number of carbonyl (C=O) groups is 1. The fourth-order valence-electron chi connectivity index (χ4n) is 2.21. The molecule has 1 aliphatic carbocycles. The number of nitrogens with one attached hydrogen (secondary N) is 1. The van der Waals surface area contributed by atoms with E-state index in [1.807, 2.05) is 0 Å². The Balaban J connectivity index is 2.17. The zero-order valence-electron chi connectivity index (χ0n) is 9.41. The summed E-state index contributed by atoms with van der Waals surface area (Å²) < 4.78 is 0. The quantitative estimate of drug-likeness (QED) is 0.685. The molecular weight excluding hydrogens is 190 g/mol. The second-order valence-electron chi connectivity index (χ2n) is 4.34. The van der Waals surface area contributed by atoms with E-state index in [0.717, 1.165) is 5.92 Å². The van der Waals surface area contributed by atoms with Crippen LogP contribution in [0.15, 0.2) is 12.2 Å². The van der Waals surface area contributed by atoms with E-state index in [-0.39, 0.29) is 0 Å². The molecule has 86 valence electrons. The lowest BCUT2D eigenvalue weighted by molar-refractivity contribution is -0.131. The van der Waals surface area contributed by atoms with Crippen molar-refractivity contribution in [3.63, 3.8) is 0 Å². The molecule has 1 aliphatic rings. The van der Waals surface area contributed by atoms with Crippen LogP contribution >= 0.6 is 0 Å². The van der Waals surface area contributed by atoms with Crippen LogP contribution in [0, 0.1) is 5.92 Å². The summed E-state index contributed by atoms with van der Waals surface area (Å²) in [5.74, 6) is -0.0981. The molecular formula is C12H21NO2. The van der Waals surface area contributed by atoms with Crippen LogP contribution in [0.25, 0.3) is 0 Å². The molecule has 3 heteroatoms. The number of hydrogen-bond acceptors (Lipinski definition) is 2.